The van der Waals surface area contributed by atoms with Crippen LogP contribution in [0.2, 0.25) is 0 Å². The van der Waals surface area contributed by atoms with E-state index < -0.39 is 6.17 Å². The van der Waals surface area contributed by atoms with Crippen LogP contribution < -0.4 is 5.32 Å². The van der Waals surface area contributed by atoms with Gasteiger partial charge in [-0.2, -0.15) is 0 Å². The zero-order chi connectivity index (χ0) is 12.2. The van der Waals surface area contributed by atoms with Crippen LogP contribution in [0.15, 0.2) is 0 Å². The van der Waals surface area contributed by atoms with E-state index in [1.807, 2.05) is 0 Å². The zero-order valence-corrected chi connectivity index (χ0v) is 11.2. The largest absolute Gasteiger partial charge is 0.312 e. The number of nitrogens with zero attached hydrogens (tertiary/aromatic N) is 1. The Bertz CT molecular complexity index is 191. The molecule has 0 spiro atoms. The van der Waals surface area contributed by atoms with Gasteiger partial charge in [0.2, 0.25) is 0 Å². The fraction of sp³-hybridized carbons (Fsp3) is 1.00. The van der Waals surface area contributed by atoms with Crippen LogP contribution in [-0.4, -0.2) is 42.8 Å². The first kappa shape index (κ1) is 13.9. The summed E-state index contributed by atoms with van der Waals surface area (Å²) in [4.78, 5) is 2.25. The minimum atomic E-state index is -0.691. The summed E-state index contributed by atoms with van der Waals surface area (Å²) < 4.78 is 12.8. The Hall–Kier alpha value is -0.150. The van der Waals surface area contributed by atoms with Crippen LogP contribution >= 0.6 is 0 Å². The number of nitrogens with one attached hydrogen (secondary N) is 1. The Balaban J connectivity index is 2.17. The van der Waals surface area contributed by atoms with E-state index >= 15 is 0 Å². The second-order valence-corrected chi connectivity index (χ2v) is 6.16. The molecule has 1 atom stereocenters. The van der Waals surface area contributed by atoms with E-state index in [9.17, 15) is 4.39 Å². The lowest BCUT2D eigenvalue weighted by Crippen LogP contribution is -2.43. The smallest absolute Gasteiger partial charge is 0.110 e. The summed E-state index contributed by atoms with van der Waals surface area (Å²) in [7, 11) is 0. The summed E-state index contributed by atoms with van der Waals surface area (Å²) in [6.07, 6.45) is 1.72. The lowest BCUT2D eigenvalue weighted by atomic mass is 9.95. The molecule has 0 aromatic heterocycles. The highest BCUT2D eigenvalue weighted by Crippen LogP contribution is 2.17. The molecule has 0 bridgehead atoms. The average Bonchev–Trinajstić information content (AvgIpc) is 2.14. The Kier molecular flexibility index (Phi) is 5.19. The van der Waals surface area contributed by atoms with Crippen molar-refractivity contribution < 1.29 is 4.39 Å². The van der Waals surface area contributed by atoms with Crippen LogP contribution in [0.1, 0.15) is 40.5 Å². The normalized spacial score (nSPS) is 22.3. The summed E-state index contributed by atoms with van der Waals surface area (Å²) in [6.45, 7) is 12.1. The molecule has 0 aromatic carbocycles. The molecular formula is C13H27FN2. The number of alkyl halides is 1. The SMILES string of the molecule is CC(F)CN1CCC(CNC(C)(C)C)CC1. The summed E-state index contributed by atoms with van der Waals surface area (Å²) in [5, 5.41) is 3.55. The number of hydrogen-bond acceptors (Lipinski definition) is 2. The van der Waals surface area contributed by atoms with Crippen LogP contribution in [0, 0.1) is 5.92 Å². The second kappa shape index (κ2) is 5.97. The van der Waals surface area contributed by atoms with E-state index in [-0.39, 0.29) is 5.54 Å². The standard InChI is InChI=1S/C13H27FN2/c1-11(14)10-16-7-5-12(6-8-16)9-15-13(2,3)4/h11-12,15H,5-10H2,1-4H3. The third-order valence-electron chi connectivity index (χ3n) is 3.14. The second-order valence-electron chi connectivity index (χ2n) is 6.16. The first-order valence-corrected chi connectivity index (χ1v) is 6.48. The van der Waals surface area contributed by atoms with Gasteiger partial charge in [-0.15, -0.1) is 0 Å². The molecule has 1 aliphatic heterocycles. The molecule has 1 fully saturated rings. The van der Waals surface area contributed by atoms with Crippen molar-refractivity contribution in [3.63, 3.8) is 0 Å². The van der Waals surface area contributed by atoms with E-state index in [1.54, 1.807) is 6.92 Å². The predicted molar refractivity (Wildman–Crippen MR) is 67.5 cm³/mol. The van der Waals surface area contributed by atoms with Crippen molar-refractivity contribution in [1.82, 2.24) is 10.2 Å². The van der Waals surface area contributed by atoms with Gasteiger partial charge in [0.25, 0.3) is 0 Å². The highest BCUT2D eigenvalue weighted by Gasteiger charge is 2.21. The summed E-state index contributed by atoms with van der Waals surface area (Å²) in [5.41, 5.74) is 0.213. The first-order chi connectivity index (χ1) is 7.37. The van der Waals surface area contributed by atoms with Crippen LogP contribution in [0.3, 0.4) is 0 Å². The van der Waals surface area contributed by atoms with Gasteiger partial charge in [0, 0.05) is 12.1 Å². The molecule has 16 heavy (non-hydrogen) atoms. The molecule has 1 saturated heterocycles. The molecule has 1 unspecified atom stereocenters. The van der Waals surface area contributed by atoms with E-state index in [0.717, 1.165) is 25.6 Å². The van der Waals surface area contributed by atoms with Gasteiger partial charge in [0.1, 0.15) is 6.17 Å². The predicted octanol–water partition coefficient (Wildman–Crippen LogP) is 2.44. The average molecular weight is 230 g/mol. The fourth-order valence-corrected chi connectivity index (χ4v) is 2.18. The van der Waals surface area contributed by atoms with Crippen molar-refractivity contribution in [1.29, 1.82) is 0 Å². The number of piperidine rings is 1. The summed E-state index contributed by atoms with van der Waals surface area (Å²) in [5.74, 6) is 0.769. The monoisotopic (exact) mass is 230 g/mol. The molecule has 1 N–H and O–H groups in total. The lowest BCUT2D eigenvalue weighted by molar-refractivity contribution is 0.143. The van der Waals surface area contributed by atoms with Crippen molar-refractivity contribution in [2.45, 2.75) is 52.2 Å². The van der Waals surface area contributed by atoms with Crippen molar-refractivity contribution in [3.8, 4) is 0 Å². The van der Waals surface area contributed by atoms with Crippen molar-refractivity contribution in [2.24, 2.45) is 5.92 Å². The van der Waals surface area contributed by atoms with Gasteiger partial charge in [-0.25, -0.2) is 4.39 Å². The Morgan fingerprint density at radius 2 is 1.88 bits per heavy atom. The van der Waals surface area contributed by atoms with Crippen LogP contribution in [0.25, 0.3) is 0 Å². The fourth-order valence-electron chi connectivity index (χ4n) is 2.18. The number of rotatable bonds is 4. The highest BCUT2D eigenvalue weighted by atomic mass is 19.1. The van der Waals surface area contributed by atoms with Gasteiger partial charge in [0.15, 0.2) is 0 Å². The Morgan fingerprint density at radius 1 is 1.31 bits per heavy atom. The molecule has 1 rings (SSSR count). The van der Waals surface area contributed by atoms with Crippen molar-refractivity contribution >= 4 is 0 Å². The molecule has 1 heterocycles. The number of likely N-dealkylation sites (tertiary alicyclic amines) is 1. The molecule has 0 amide bonds. The molecule has 1 aliphatic rings. The minimum Gasteiger partial charge on any atom is -0.312 e. The van der Waals surface area contributed by atoms with Gasteiger partial charge in [0.05, 0.1) is 0 Å². The van der Waals surface area contributed by atoms with E-state index in [1.165, 1.54) is 12.8 Å². The molecule has 0 aromatic rings. The van der Waals surface area contributed by atoms with E-state index in [4.69, 9.17) is 0 Å². The molecular weight excluding hydrogens is 203 g/mol. The molecule has 0 aliphatic carbocycles. The number of hydrogen-bond donors (Lipinski definition) is 1. The molecule has 0 saturated carbocycles. The Labute approximate surface area is 99.6 Å². The van der Waals surface area contributed by atoms with Crippen LogP contribution in [0.4, 0.5) is 4.39 Å². The van der Waals surface area contributed by atoms with Crippen molar-refractivity contribution in [3.05, 3.63) is 0 Å². The van der Waals surface area contributed by atoms with Crippen LogP contribution in [0.5, 0.6) is 0 Å². The Morgan fingerprint density at radius 3 is 2.31 bits per heavy atom. The molecule has 2 nitrogen and oxygen atoms in total. The summed E-state index contributed by atoms with van der Waals surface area (Å²) >= 11 is 0. The van der Waals surface area contributed by atoms with Gasteiger partial charge in [-0.3, -0.25) is 0 Å². The van der Waals surface area contributed by atoms with E-state index in [2.05, 4.69) is 31.0 Å². The maximum atomic E-state index is 12.8. The van der Waals surface area contributed by atoms with Gasteiger partial charge < -0.3 is 10.2 Å². The van der Waals surface area contributed by atoms with Crippen LogP contribution in [-0.2, 0) is 0 Å². The maximum Gasteiger partial charge on any atom is 0.110 e. The first-order valence-electron chi connectivity index (χ1n) is 6.48. The van der Waals surface area contributed by atoms with Gasteiger partial charge in [-0.1, -0.05) is 0 Å². The third-order valence-corrected chi connectivity index (χ3v) is 3.14. The lowest BCUT2D eigenvalue weighted by Gasteiger charge is -2.34. The number of halogens is 1. The van der Waals surface area contributed by atoms with Crippen molar-refractivity contribution in [2.75, 3.05) is 26.2 Å². The quantitative estimate of drug-likeness (QED) is 0.798. The topological polar surface area (TPSA) is 15.3 Å². The molecule has 3 heteroatoms. The molecule has 96 valence electrons. The minimum absolute atomic E-state index is 0.213. The molecule has 0 radical (unpaired) electrons. The van der Waals surface area contributed by atoms with Gasteiger partial charge in [-0.05, 0) is 66.1 Å². The highest BCUT2D eigenvalue weighted by molar-refractivity contribution is 4.78. The van der Waals surface area contributed by atoms with Gasteiger partial charge >= 0.3 is 0 Å². The maximum absolute atomic E-state index is 12.8. The summed E-state index contributed by atoms with van der Waals surface area (Å²) in [6, 6.07) is 0. The third kappa shape index (κ3) is 5.80. The van der Waals surface area contributed by atoms with E-state index in [0.29, 0.717) is 6.54 Å². The zero-order valence-electron chi connectivity index (χ0n) is 11.2.